The van der Waals surface area contributed by atoms with Crippen LogP contribution >= 0.6 is 0 Å². The minimum Gasteiger partial charge on any atom is -0.511 e. The lowest BCUT2D eigenvalue weighted by molar-refractivity contribution is 0.368. The van der Waals surface area contributed by atoms with E-state index in [1.54, 1.807) is 6.07 Å². The fourth-order valence-corrected chi connectivity index (χ4v) is 2.00. The van der Waals surface area contributed by atoms with Crippen LogP contribution in [0.5, 0.6) is 0 Å². The summed E-state index contributed by atoms with van der Waals surface area (Å²) >= 11 is 0. The molecule has 90 valence electrons. The van der Waals surface area contributed by atoms with Crippen molar-refractivity contribution < 1.29 is 9.50 Å². The molecular weight excluding hydrogens is 219 g/mol. The molecule has 0 fully saturated rings. The number of aliphatic hydroxyl groups excluding tert-OH is 1. The molecule has 3 nitrogen and oxygen atoms in total. The van der Waals surface area contributed by atoms with Crippen LogP contribution in [-0.4, -0.2) is 15.7 Å². The van der Waals surface area contributed by atoms with Crippen molar-refractivity contribution in [3.63, 3.8) is 0 Å². The van der Waals surface area contributed by atoms with Crippen molar-refractivity contribution in [2.24, 2.45) is 12.8 Å². The van der Waals surface area contributed by atoms with Gasteiger partial charge in [-0.05, 0) is 24.1 Å². The first kappa shape index (κ1) is 11.7. The maximum atomic E-state index is 13.8. The van der Waals surface area contributed by atoms with E-state index in [2.05, 4.69) is 6.58 Å². The van der Waals surface area contributed by atoms with Crippen LogP contribution in [0.2, 0.25) is 0 Å². The zero-order valence-electron chi connectivity index (χ0n) is 9.65. The lowest BCUT2D eigenvalue weighted by atomic mass is 10.0. The van der Waals surface area contributed by atoms with Crippen molar-refractivity contribution >= 4 is 10.9 Å². The highest BCUT2D eigenvalue weighted by atomic mass is 19.1. The largest absolute Gasteiger partial charge is 0.511 e. The van der Waals surface area contributed by atoms with Crippen LogP contribution in [0.1, 0.15) is 5.56 Å². The first-order valence-corrected chi connectivity index (χ1v) is 5.36. The van der Waals surface area contributed by atoms with E-state index in [4.69, 9.17) is 5.73 Å². The fourth-order valence-electron chi connectivity index (χ4n) is 2.00. The maximum Gasteiger partial charge on any atom is 0.132 e. The lowest BCUT2D eigenvalue weighted by Gasteiger charge is -2.08. The Morgan fingerprint density at radius 3 is 2.94 bits per heavy atom. The Morgan fingerprint density at radius 1 is 1.59 bits per heavy atom. The van der Waals surface area contributed by atoms with Crippen molar-refractivity contribution in [3.8, 4) is 0 Å². The smallest absolute Gasteiger partial charge is 0.132 e. The average Bonchev–Trinajstić information content (AvgIpc) is 2.57. The van der Waals surface area contributed by atoms with Gasteiger partial charge >= 0.3 is 0 Å². The van der Waals surface area contributed by atoms with Gasteiger partial charge < -0.3 is 15.4 Å². The quantitative estimate of drug-likeness (QED) is 0.800. The van der Waals surface area contributed by atoms with Gasteiger partial charge in [-0.25, -0.2) is 4.39 Å². The number of hydrogen-bond donors (Lipinski definition) is 2. The zero-order valence-corrected chi connectivity index (χ0v) is 9.65. The van der Waals surface area contributed by atoms with Gasteiger partial charge in [0.15, 0.2) is 0 Å². The summed E-state index contributed by atoms with van der Waals surface area (Å²) < 4.78 is 15.6. The van der Waals surface area contributed by atoms with Gasteiger partial charge in [0.1, 0.15) is 11.6 Å². The topological polar surface area (TPSA) is 51.2 Å². The third kappa shape index (κ3) is 2.03. The Labute approximate surface area is 99.0 Å². The molecule has 17 heavy (non-hydrogen) atoms. The van der Waals surface area contributed by atoms with Crippen LogP contribution in [-0.2, 0) is 13.5 Å². The van der Waals surface area contributed by atoms with E-state index in [9.17, 15) is 9.50 Å². The third-order valence-electron chi connectivity index (χ3n) is 2.91. The van der Waals surface area contributed by atoms with E-state index in [0.29, 0.717) is 11.8 Å². The Bertz CT molecular complexity index is 574. The standard InChI is InChI=1S/C13H15FN2O/c1-8(17)11(15)6-9-7-16(2)12-5-3-4-10(14)13(9)12/h3-5,7,11,17H,1,6,15H2,2H3. The molecule has 0 spiro atoms. The molecule has 0 amide bonds. The number of rotatable bonds is 3. The second kappa shape index (κ2) is 4.22. The van der Waals surface area contributed by atoms with Gasteiger partial charge in [0.05, 0.1) is 11.6 Å². The molecule has 1 unspecified atom stereocenters. The van der Waals surface area contributed by atoms with Gasteiger partial charge in [-0.1, -0.05) is 12.6 Å². The van der Waals surface area contributed by atoms with E-state index in [-0.39, 0.29) is 11.6 Å². The Kier molecular flexibility index (Phi) is 2.90. The van der Waals surface area contributed by atoms with Crippen LogP contribution in [0.25, 0.3) is 10.9 Å². The molecule has 0 radical (unpaired) electrons. The second-order valence-corrected chi connectivity index (χ2v) is 4.20. The molecule has 2 aromatic rings. The summed E-state index contributed by atoms with van der Waals surface area (Å²) in [5.74, 6) is -0.354. The number of fused-ring (bicyclic) bond motifs is 1. The monoisotopic (exact) mass is 234 g/mol. The first-order chi connectivity index (χ1) is 8.00. The predicted molar refractivity (Wildman–Crippen MR) is 66.3 cm³/mol. The maximum absolute atomic E-state index is 13.8. The van der Waals surface area contributed by atoms with Crippen LogP contribution in [0.4, 0.5) is 4.39 Å². The first-order valence-electron chi connectivity index (χ1n) is 5.36. The number of hydrogen-bond acceptors (Lipinski definition) is 2. The molecule has 4 heteroatoms. The summed E-state index contributed by atoms with van der Waals surface area (Å²) in [6.07, 6.45) is 2.20. The highest BCUT2D eigenvalue weighted by Crippen LogP contribution is 2.24. The number of nitrogens with zero attached hydrogens (tertiary/aromatic N) is 1. The van der Waals surface area contributed by atoms with Gasteiger partial charge in [0, 0.05) is 18.6 Å². The molecule has 3 N–H and O–H groups in total. The SMILES string of the molecule is C=C(O)C(N)Cc1cn(C)c2cccc(F)c12. The third-order valence-corrected chi connectivity index (χ3v) is 2.91. The van der Waals surface area contributed by atoms with E-state index in [1.807, 2.05) is 23.9 Å². The van der Waals surface area contributed by atoms with Crippen molar-refractivity contribution in [3.05, 3.63) is 48.1 Å². The molecule has 0 aliphatic carbocycles. The molecule has 0 aliphatic heterocycles. The summed E-state index contributed by atoms with van der Waals surface area (Å²) in [6, 6.07) is 4.37. The normalized spacial score (nSPS) is 12.9. The molecule has 1 aromatic carbocycles. The van der Waals surface area contributed by atoms with E-state index in [0.717, 1.165) is 11.1 Å². The fraction of sp³-hybridized carbons (Fsp3) is 0.231. The molecule has 0 aliphatic rings. The molecule has 1 heterocycles. The molecule has 1 atom stereocenters. The second-order valence-electron chi connectivity index (χ2n) is 4.20. The lowest BCUT2D eigenvalue weighted by Crippen LogP contribution is -2.24. The number of aromatic nitrogens is 1. The predicted octanol–water partition coefficient (Wildman–Crippen LogP) is 2.26. The minimum absolute atomic E-state index is 0.0849. The molecule has 0 saturated heterocycles. The van der Waals surface area contributed by atoms with Gasteiger partial charge in [-0.3, -0.25) is 0 Å². The van der Waals surface area contributed by atoms with Gasteiger partial charge in [-0.15, -0.1) is 0 Å². The molecular formula is C13H15FN2O. The van der Waals surface area contributed by atoms with E-state index >= 15 is 0 Å². The molecule has 0 saturated carbocycles. The van der Waals surface area contributed by atoms with Crippen molar-refractivity contribution in [1.29, 1.82) is 0 Å². The Morgan fingerprint density at radius 2 is 2.29 bits per heavy atom. The Balaban J connectivity index is 2.51. The number of aryl methyl sites for hydroxylation is 1. The van der Waals surface area contributed by atoms with Crippen LogP contribution in [0.3, 0.4) is 0 Å². The highest BCUT2D eigenvalue weighted by Gasteiger charge is 2.14. The van der Waals surface area contributed by atoms with Crippen molar-refractivity contribution in [2.45, 2.75) is 12.5 Å². The summed E-state index contributed by atoms with van der Waals surface area (Å²) in [5.41, 5.74) is 7.31. The van der Waals surface area contributed by atoms with Crippen molar-refractivity contribution in [2.75, 3.05) is 0 Å². The minimum atomic E-state index is -0.569. The number of benzene rings is 1. The van der Waals surface area contributed by atoms with Crippen LogP contribution in [0.15, 0.2) is 36.7 Å². The average molecular weight is 234 g/mol. The van der Waals surface area contributed by atoms with E-state index in [1.165, 1.54) is 6.07 Å². The summed E-state index contributed by atoms with van der Waals surface area (Å²) in [7, 11) is 1.85. The van der Waals surface area contributed by atoms with E-state index < -0.39 is 6.04 Å². The van der Waals surface area contributed by atoms with Gasteiger partial charge in [0.25, 0.3) is 0 Å². The van der Waals surface area contributed by atoms with Crippen LogP contribution < -0.4 is 5.73 Å². The molecule has 0 bridgehead atoms. The van der Waals surface area contributed by atoms with Gasteiger partial charge in [-0.2, -0.15) is 0 Å². The van der Waals surface area contributed by atoms with Crippen molar-refractivity contribution in [1.82, 2.24) is 4.57 Å². The van der Waals surface area contributed by atoms with Crippen LogP contribution in [0, 0.1) is 5.82 Å². The number of aliphatic hydroxyl groups is 1. The molecule has 2 rings (SSSR count). The Hall–Kier alpha value is -1.81. The molecule has 1 aromatic heterocycles. The summed E-state index contributed by atoms with van der Waals surface area (Å²) in [6.45, 7) is 3.39. The van der Waals surface area contributed by atoms with Gasteiger partial charge in [0.2, 0.25) is 0 Å². The number of halogens is 1. The summed E-state index contributed by atoms with van der Waals surface area (Å²) in [4.78, 5) is 0. The highest BCUT2D eigenvalue weighted by molar-refractivity contribution is 5.84. The number of nitrogens with two attached hydrogens (primary N) is 1. The zero-order chi connectivity index (χ0) is 12.6. The summed E-state index contributed by atoms with van der Waals surface area (Å²) in [5, 5.41) is 9.77.